The molecule has 0 aliphatic rings. The number of nitrogens with one attached hydrogen (secondary N) is 2. The first-order valence-corrected chi connectivity index (χ1v) is 9.16. The highest BCUT2D eigenvalue weighted by Crippen LogP contribution is 2.26. The van der Waals surface area contributed by atoms with Crippen LogP contribution in [0.3, 0.4) is 0 Å². The SMILES string of the molecule is C[C@H](CCc1ccccc1)NC(=O)[C@@H](C)Sc1ncnc2nc[nH]c12. The number of aryl methyl sites for hydroxylation is 1. The Bertz CT molecular complexity index is 836. The zero-order chi connectivity index (χ0) is 17.6. The second-order valence-electron chi connectivity index (χ2n) is 5.97. The van der Waals surface area contributed by atoms with E-state index in [1.165, 1.54) is 23.7 Å². The number of amides is 1. The highest BCUT2D eigenvalue weighted by molar-refractivity contribution is 8.00. The third-order valence-corrected chi connectivity index (χ3v) is 5.04. The number of hydrogen-bond acceptors (Lipinski definition) is 5. The van der Waals surface area contributed by atoms with Gasteiger partial charge in [0.25, 0.3) is 0 Å². The normalized spacial score (nSPS) is 13.5. The number of hydrogen-bond donors (Lipinski definition) is 2. The molecule has 3 rings (SSSR count). The molecule has 1 aromatic carbocycles. The average Bonchev–Trinajstić information content (AvgIpc) is 3.10. The van der Waals surface area contributed by atoms with Gasteiger partial charge in [0.2, 0.25) is 5.91 Å². The van der Waals surface area contributed by atoms with Gasteiger partial charge >= 0.3 is 0 Å². The topological polar surface area (TPSA) is 83.6 Å². The summed E-state index contributed by atoms with van der Waals surface area (Å²) in [6.45, 7) is 3.92. The van der Waals surface area contributed by atoms with Gasteiger partial charge < -0.3 is 10.3 Å². The average molecular weight is 355 g/mol. The van der Waals surface area contributed by atoms with E-state index in [1.54, 1.807) is 6.33 Å². The molecule has 25 heavy (non-hydrogen) atoms. The minimum Gasteiger partial charge on any atom is -0.353 e. The lowest BCUT2D eigenvalue weighted by Crippen LogP contribution is -2.37. The van der Waals surface area contributed by atoms with Crippen molar-refractivity contribution in [1.82, 2.24) is 25.3 Å². The summed E-state index contributed by atoms with van der Waals surface area (Å²) in [5.74, 6) is 0.0110. The van der Waals surface area contributed by atoms with Gasteiger partial charge in [-0.3, -0.25) is 4.79 Å². The lowest BCUT2D eigenvalue weighted by atomic mass is 10.1. The Morgan fingerprint density at radius 1 is 1.20 bits per heavy atom. The van der Waals surface area contributed by atoms with Crippen LogP contribution >= 0.6 is 11.8 Å². The van der Waals surface area contributed by atoms with Crippen LogP contribution in [0.15, 0.2) is 48.0 Å². The summed E-state index contributed by atoms with van der Waals surface area (Å²) in [7, 11) is 0. The standard InChI is InChI=1S/C18H21N5OS/c1-12(8-9-14-6-4-3-5-7-14)23-17(24)13(2)25-18-15-16(20-10-19-15)21-11-22-18/h3-7,10-13H,8-9H2,1-2H3,(H,23,24)(H,19,20,21,22)/t12-,13-/m1/s1. The van der Waals surface area contributed by atoms with E-state index in [4.69, 9.17) is 0 Å². The minimum atomic E-state index is -0.249. The Balaban J connectivity index is 1.52. The predicted octanol–water partition coefficient (Wildman–Crippen LogP) is 2.97. The summed E-state index contributed by atoms with van der Waals surface area (Å²) in [4.78, 5) is 27.9. The van der Waals surface area contributed by atoms with E-state index < -0.39 is 0 Å². The predicted molar refractivity (Wildman–Crippen MR) is 99.4 cm³/mol. The van der Waals surface area contributed by atoms with E-state index in [0.29, 0.717) is 5.65 Å². The zero-order valence-corrected chi connectivity index (χ0v) is 15.1. The number of carbonyl (C=O) groups excluding carboxylic acids is 1. The van der Waals surface area contributed by atoms with E-state index in [1.807, 2.05) is 32.0 Å². The Morgan fingerprint density at radius 3 is 2.80 bits per heavy atom. The van der Waals surface area contributed by atoms with Crippen molar-refractivity contribution < 1.29 is 4.79 Å². The van der Waals surface area contributed by atoms with E-state index >= 15 is 0 Å². The number of benzene rings is 1. The summed E-state index contributed by atoms with van der Waals surface area (Å²) >= 11 is 1.41. The molecule has 0 saturated heterocycles. The summed E-state index contributed by atoms with van der Waals surface area (Å²) in [5, 5.41) is 3.57. The van der Waals surface area contributed by atoms with Gasteiger partial charge in [-0.15, -0.1) is 0 Å². The first-order valence-electron chi connectivity index (χ1n) is 8.28. The summed E-state index contributed by atoms with van der Waals surface area (Å²) in [5.41, 5.74) is 2.67. The van der Waals surface area contributed by atoms with E-state index in [2.05, 4.69) is 37.4 Å². The number of imidazole rings is 1. The van der Waals surface area contributed by atoms with Crippen molar-refractivity contribution in [2.75, 3.05) is 0 Å². The van der Waals surface area contributed by atoms with Gasteiger partial charge in [0.15, 0.2) is 5.65 Å². The zero-order valence-electron chi connectivity index (χ0n) is 14.3. The fourth-order valence-corrected chi connectivity index (χ4v) is 3.40. The Morgan fingerprint density at radius 2 is 2.00 bits per heavy atom. The first kappa shape index (κ1) is 17.4. The quantitative estimate of drug-likeness (QED) is 0.503. The largest absolute Gasteiger partial charge is 0.353 e. The van der Waals surface area contributed by atoms with Gasteiger partial charge in [-0.1, -0.05) is 42.1 Å². The molecule has 0 bridgehead atoms. The summed E-state index contributed by atoms with van der Waals surface area (Å²) < 4.78 is 0. The van der Waals surface area contributed by atoms with Crippen molar-refractivity contribution in [2.45, 2.75) is 43.0 Å². The maximum absolute atomic E-state index is 12.4. The number of aromatic amines is 1. The van der Waals surface area contributed by atoms with E-state index in [-0.39, 0.29) is 17.2 Å². The number of nitrogens with zero attached hydrogens (tertiary/aromatic N) is 3. The molecule has 2 heterocycles. The van der Waals surface area contributed by atoms with Gasteiger partial charge in [0, 0.05) is 6.04 Å². The Hall–Kier alpha value is -2.41. The molecule has 3 aromatic rings. The fourth-order valence-electron chi connectivity index (χ4n) is 2.51. The molecule has 0 radical (unpaired) electrons. The second-order valence-corrected chi connectivity index (χ2v) is 7.30. The van der Waals surface area contributed by atoms with Crippen molar-refractivity contribution in [3.8, 4) is 0 Å². The van der Waals surface area contributed by atoms with Crippen LogP contribution in [-0.2, 0) is 11.2 Å². The highest BCUT2D eigenvalue weighted by Gasteiger charge is 2.19. The van der Waals surface area contributed by atoms with Crippen molar-refractivity contribution in [3.63, 3.8) is 0 Å². The molecule has 2 N–H and O–H groups in total. The van der Waals surface area contributed by atoms with Gasteiger partial charge in [-0.25, -0.2) is 15.0 Å². The van der Waals surface area contributed by atoms with Crippen molar-refractivity contribution in [2.24, 2.45) is 0 Å². The van der Waals surface area contributed by atoms with Gasteiger partial charge in [0.1, 0.15) is 16.9 Å². The third-order valence-electron chi connectivity index (χ3n) is 3.94. The first-order chi connectivity index (χ1) is 12.1. The Kier molecular flexibility index (Phi) is 5.65. The molecule has 2 aromatic heterocycles. The van der Waals surface area contributed by atoms with Gasteiger partial charge in [0.05, 0.1) is 11.6 Å². The lowest BCUT2D eigenvalue weighted by Gasteiger charge is -2.17. The lowest BCUT2D eigenvalue weighted by molar-refractivity contribution is -0.120. The molecule has 1 amide bonds. The number of aromatic nitrogens is 4. The van der Waals surface area contributed by atoms with Crippen LogP contribution in [0.4, 0.5) is 0 Å². The van der Waals surface area contributed by atoms with Crippen molar-refractivity contribution >= 4 is 28.8 Å². The van der Waals surface area contributed by atoms with E-state index in [9.17, 15) is 4.79 Å². The van der Waals surface area contributed by atoms with Crippen molar-refractivity contribution in [3.05, 3.63) is 48.5 Å². The molecule has 7 heteroatoms. The number of thioether (sulfide) groups is 1. The monoisotopic (exact) mass is 355 g/mol. The molecule has 0 aliphatic heterocycles. The fraction of sp³-hybridized carbons (Fsp3) is 0.333. The van der Waals surface area contributed by atoms with Crippen LogP contribution in [0.25, 0.3) is 11.2 Å². The van der Waals surface area contributed by atoms with Crippen LogP contribution in [0, 0.1) is 0 Å². The molecule has 2 atom stereocenters. The smallest absolute Gasteiger partial charge is 0.233 e. The van der Waals surface area contributed by atoms with Crippen LogP contribution in [0.1, 0.15) is 25.8 Å². The summed E-state index contributed by atoms with van der Waals surface area (Å²) in [6.07, 6.45) is 4.91. The summed E-state index contributed by atoms with van der Waals surface area (Å²) in [6, 6.07) is 10.4. The van der Waals surface area contributed by atoms with E-state index in [0.717, 1.165) is 23.4 Å². The molecule has 0 saturated carbocycles. The molecular formula is C18H21N5OS. The number of fused-ring (bicyclic) bond motifs is 1. The van der Waals surface area contributed by atoms with Gasteiger partial charge in [-0.05, 0) is 32.3 Å². The second kappa shape index (κ2) is 8.11. The highest BCUT2D eigenvalue weighted by atomic mass is 32.2. The molecule has 0 spiro atoms. The maximum Gasteiger partial charge on any atom is 0.233 e. The Labute approximate surface area is 150 Å². The van der Waals surface area contributed by atoms with Crippen LogP contribution in [0.2, 0.25) is 0 Å². The van der Waals surface area contributed by atoms with Crippen molar-refractivity contribution in [1.29, 1.82) is 0 Å². The number of H-pyrrole nitrogens is 1. The maximum atomic E-state index is 12.4. The minimum absolute atomic E-state index is 0.0110. The molecular weight excluding hydrogens is 334 g/mol. The van der Waals surface area contributed by atoms with Crippen LogP contribution in [-0.4, -0.2) is 37.1 Å². The number of rotatable bonds is 7. The molecule has 6 nitrogen and oxygen atoms in total. The van der Waals surface area contributed by atoms with Crippen LogP contribution < -0.4 is 5.32 Å². The molecule has 0 aliphatic carbocycles. The van der Waals surface area contributed by atoms with Crippen LogP contribution in [0.5, 0.6) is 0 Å². The molecule has 0 unspecified atom stereocenters. The molecule has 130 valence electrons. The third kappa shape index (κ3) is 4.57. The van der Waals surface area contributed by atoms with Gasteiger partial charge in [-0.2, -0.15) is 0 Å². The number of carbonyl (C=O) groups is 1. The molecule has 0 fully saturated rings.